The number of para-hydroxylation sites is 2. The molecule has 3 rings (SSSR count). The molecule has 0 saturated carbocycles. The van der Waals surface area contributed by atoms with Crippen molar-refractivity contribution in [3.8, 4) is 11.5 Å². The van der Waals surface area contributed by atoms with E-state index in [1.807, 2.05) is 49.4 Å². The molecule has 1 amide bonds. The number of carbonyl (C=O) groups excluding carboxylic acids is 1. The molecule has 0 aliphatic carbocycles. The van der Waals surface area contributed by atoms with Crippen molar-refractivity contribution in [2.45, 2.75) is 19.6 Å². The van der Waals surface area contributed by atoms with Crippen molar-refractivity contribution >= 4 is 17.5 Å². The Balaban J connectivity index is 1.49. The fraction of sp³-hybridized carbons (Fsp3) is 0.350. The highest BCUT2D eigenvalue weighted by molar-refractivity contribution is 6.31. The number of rotatable bonds is 7. The molecule has 1 heterocycles. The molecule has 0 aromatic heterocycles. The molecule has 0 N–H and O–H groups in total. The van der Waals surface area contributed by atoms with Crippen LogP contribution in [-0.4, -0.2) is 43.2 Å². The van der Waals surface area contributed by atoms with Gasteiger partial charge in [0.2, 0.25) is 5.91 Å². The lowest BCUT2D eigenvalue weighted by atomic mass is 10.2. The van der Waals surface area contributed by atoms with Crippen LogP contribution in [0.15, 0.2) is 48.5 Å². The van der Waals surface area contributed by atoms with Gasteiger partial charge in [0.1, 0.15) is 13.2 Å². The molecule has 6 heteroatoms. The van der Waals surface area contributed by atoms with E-state index in [9.17, 15) is 4.79 Å². The van der Waals surface area contributed by atoms with E-state index in [1.54, 1.807) is 11.0 Å². The van der Waals surface area contributed by atoms with Crippen LogP contribution in [-0.2, 0) is 16.1 Å². The second kappa shape index (κ2) is 8.92. The smallest absolute Gasteiger partial charge is 0.248 e. The quantitative estimate of drug-likeness (QED) is 0.742. The summed E-state index contributed by atoms with van der Waals surface area (Å²) in [7, 11) is 0. The highest BCUT2D eigenvalue weighted by Gasteiger charge is 2.24. The van der Waals surface area contributed by atoms with Crippen LogP contribution in [0.1, 0.15) is 12.5 Å². The minimum atomic E-state index is -0.197. The Hall–Kier alpha value is -2.24. The number of ether oxygens (including phenoxy) is 3. The summed E-state index contributed by atoms with van der Waals surface area (Å²) < 4.78 is 17.2. The van der Waals surface area contributed by atoms with Crippen LogP contribution >= 0.6 is 11.6 Å². The van der Waals surface area contributed by atoms with Gasteiger partial charge in [-0.3, -0.25) is 4.79 Å². The Kier molecular flexibility index (Phi) is 6.36. The van der Waals surface area contributed by atoms with Crippen molar-refractivity contribution in [1.29, 1.82) is 0 Å². The topological polar surface area (TPSA) is 48.0 Å². The minimum Gasteiger partial charge on any atom is -0.486 e. The van der Waals surface area contributed by atoms with Gasteiger partial charge in [-0.15, -0.1) is 0 Å². The zero-order valence-corrected chi connectivity index (χ0v) is 15.4. The molecule has 0 bridgehead atoms. The molecule has 0 spiro atoms. The largest absolute Gasteiger partial charge is 0.486 e. The monoisotopic (exact) mass is 375 g/mol. The number of likely N-dealkylation sites (N-methyl/N-ethyl adjacent to an activating group) is 1. The van der Waals surface area contributed by atoms with Gasteiger partial charge >= 0.3 is 0 Å². The Labute approximate surface area is 158 Å². The molecule has 2 aromatic rings. The molecule has 0 radical (unpaired) electrons. The molecular weight excluding hydrogens is 354 g/mol. The maximum Gasteiger partial charge on any atom is 0.248 e. The fourth-order valence-corrected chi connectivity index (χ4v) is 2.95. The first kappa shape index (κ1) is 18.5. The van der Waals surface area contributed by atoms with Crippen molar-refractivity contribution in [2.24, 2.45) is 0 Å². The number of nitrogens with zero attached hydrogens (tertiary/aromatic N) is 1. The van der Waals surface area contributed by atoms with Gasteiger partial charge in [-0.05, 0) is 30.7 Å². The van der Waals surface area contributed by atoms with Gasteiger partial charge in [0.25, 0.3) is 0 Å². The van der Waals surface area contributed by atoms with E-state index < -0.39 is 0 Å². The zero-order valence-electron chi connectivity index (χ0n) is 14.7. The molecule has 1 aliphatic rings. The Morgan fingerprint density at radius 1 is 1.19 bits per heavy atom. The first-order valence-corrected chi connectivity index (χ1v) is 9.02. The highest BCUT2D eigenvalue weighted by atomic mass is 35.5. The number of hydrogen-bond donors (Lipinski definition) is 0. The molecule has 0 fully saturated rings. The third-order valence-electron chi connectivity index (χ3n) is 4.17. The molecule has 138 valence electrons. The van der Waals surface area contributed by atoms with Crippen molar-refractivity contribution in [3.05, 3.63) is 59.1 Å². The molecule has 1 unspecified atom stereocenters. The van der Waals surface area contributed by atoms with E-state index >= 15 is 0 Å². The van der Waals surface area contributed by atoms with E-state index in [0.717, 1.165) is 11.3 Å². The minimum absolute atomic E-state index is 0.00320. The van der Waals surface area contributed by atoms with Gasteiger partial charge in [-0.1, -0.05) is 41.9 Å². The average molecular weight is 376 g/mol. The summed E-state index contributed by atoms with van der Waals surface area (Å²) in [6.45, 7) is 3.70. The first-order chi connectivity index (χ1) is 12.7. The number of benzene rings is 2. The third kappa shape index (κ3) is 4.68. The summed E-state index contributed by atoms with van der Waals surface area (Å²) in [5.74, 6) is 1.37. The first-order valence-electron chi connectivity index (χ1n) is 8.64. The van der Waals surface area contributed by atoms with E-state index in [-0.39, 0.29) is 18.6 Å². The normalized spacial score (nSPS) is 15.5. The average Bonchev–Trinajstić information content (AvgIpc) is 2.67. The van der Waals surface area contributed by atoms with Crippen molar-refractivity contribution in [1.82, 2.24) is 4.90 Å². The van der Waals surface area contributed by atoms with Crippen molar-refractivity contribution in [3.63, 3.8) is 0 Å². The summed E-state index contributed by atoms with van der Waals surface area (Å²) in [5.41, 5.74) is 0.866. The number of fused-ring (bicyclic) bond motifs is 1. The Morgan fingerprint density at radius 2 is 1.92 bits per heavy atom. The SMILES string of the molecule is CCN(CC1COc2ccccc2O1)C(=O)COCc1ccccc1Cl. The van der Waals surface area contributed by atoms with Gasteiger partial charge in [0, 0.05) is 11.6 Å². The van der Waals surface area contributed by atoms with E-state index in [0.29, 0.717) is 37.1 Å². The number of amides is 1. The molecular formula is C20H22ClNO4. The lowest BCUT2D eigenvalue weighted by molar-refractivity contribution is -0.137. The summed E-state index contributed by atoms with van der Waals surface area (Å²) in [6, 6.07) is 15.0. The van der Waals surface area contributed by atoms with Crippen molar-refractivity contribution < 1.29 is 19.0 Å². The maximum absolute atomic E-state index is 12.4. The predicted octanol–water partition coefficient (Wildman–Crippen LogP) is 3.55. The van der Waals surface area contributed by atoms with Gasteiger partial charge < -0.3 is 19.1 Å². The summed E-state index contributed by atoms with van der Waals surface area (Å²) in [4.78, 5) is 14.2. The molecule has 0 saturated heterocycles. The van der Waals surface area contributed by atoms with Crippen LogP contribution in [0, 0.1) is 0 Å². The van der Waals surface area contributed by atoms with Gasteiger partial charge in [0.05, 0.1) is 13.2 Å². The fourth-order valence-electron chi connectivity index (χ4n) is 2.76. The lowest BCUT2D eigenvalue weighted by Gasteiger charge is -2.30. The molecule has 2 aromatic carbocycles. The van der Waals surface area contributed by atoms with Crippen LogP contribution in [0.25, 0.3) is 0 Å². The number of carbonyl (C=O) groups is 1. The Morgan fingerprint density at radius 3 is 2.69 bits per heavy atom. The van der Waals surface area contributed by atoms with Crippen LogP contribution < -0.4 is 9.47 Å². The van der Waals surface area contributed by atoms with Crippen molar-refractivity contribution in [2.75, 3.05) is 26.3 Å². The predicted molar refractivity (Wildman–Crippen MR) is 99.7 cm³/mol. The summed E-state index contributed by atoms with van der Waals surface area (Å²) in [6.07, 6.45) is -0.197. The standard InChI is InChI=1S/C20H22ClNO4/c1-2-22(11-16-13-25-18-9-5-6-10-19(18)26-16)20(23)14-24-12-15-7-3-4-8-17(15)21/h3-10,16H,2,11-14H2,1H3. The Bertz CT molecular complexity index is 752. The lowest BCUT2D eigenvalue weighted by Crippen LogP contribution is -2.44. The van der Waals surface area contributed by atoms with E-state index in [1.165, 1.54) is 0 Å². The van der Waals surface area contributed by atoms with Crippen LogP contribution in [0.3, 0.4) is 0 Å². The van der Waals surface area contributed by atoms with E-state index in [2.05, 4.69) is 0 Å². The molecule has 1 aliphatic heterocycles. The highest BCUT2D eigenvalue weighted by Crippen LogP contribution is 2.31. The number of hydrogen-bond acceptors (Lipinski definition) is 4. The van der Waals surface area contributed by atoms with Gasteiger partial charge in [-0.25, -0.2) is 0 Å². The molecule has 1 atom stereocenters. The van der Waals surface area contributed by atoms with Gasteiger partial charge in [0.15, 0.2) is 17.6 Å². The van der Waals surface area contributed by atoms with Crippen LogP contribution in [0.5, 0.6) is 11.5 Å². The number of halogens is 1. The van der Waals surface area contributed by atoms with E-state index in [4.69, 9.17) is 25.8 Å². The summed E-state index contributed by atoms with van der Waals surface area (Å²) >= 11 is 6.09. The summed E-state index contributed by atoms with van der Waals surface area (Å²) in [5, 5.41) is 0.638. The second-order valence-electron chi connectivity index (χ2n) is 6.01. The van der Waals surface area contributed by atoms with Crippen LogP contribution in [0.2, 0.25) is 5.02 Å². The molecule has 26 heavy (non-hydrogen) atoms. The zero-order chi connectivity index (χ0) is 18.4. The molecule has 5 nitrogen and oxygen atoms in total. The second-order valence-corrected chi connectivity index (χ2v) is 6.42. The third-order valence-corrected chi connectivity index (χ3v) is 4.54. The maximum atomic E-state index is 12.4. The van der Waals surface area contributed by atoms with Gasteiger partial charge in [-0.2, -0.15) is 0 Å². The van der Waals surface area contributed by atoms with Crippen LogP contribution in [0.4, 0.5) is 0 Å².